The van der Waals surface area contributed by atoms with Gasteiger partial charge < -0.3 is 0 Å². The van der Waals surface area contributed by atoms with Gasteiger partial charge in [-0.1, -0.05) is 35.5 Å². The lowest BCUT2D eigenvalue weighted by Crippen LogP contribution is -2.40. The summed E-state index contributed by atoms with van der Waals surface area (Å²) in [5, 5.41) is 0.716. The third-order valence-electron chi connectivity index (χ3n) is 6.81. The number of rotatable bonds is 3. The van der Waals surface area contributed by atoms with Crippen LogP contribution in [0.2, 0.25) is 5.02 Å². The molecule has 28 heavy (non-hydrogen) atoms. The van der Waals surface area contributed by atoms with Crippen LogP contribution >= 0.6 is 23.4 Å². The molecule has 2 aromatic rings. The van der Waals surface area contributed by atoms with Crippen LogP contribution in [0.4, 0.5) is 5.69 Å². The molecule has 2 bridgehead atoms. The van der Waals surface area contributed by atoms with E-state index in [-0.39, 0.29) is 35.5 Å². The summed E-state index contributed by atoms with van der Waals surface area (Å²) < 4.78 is 0. The Morgan fingerprint density at radius 3 is 1.82 bits per heavy atom. The first-order valence-corrected chi connectivity index (χ1v) is 10.9. The number of nitrogens with zero attached hydrogens (tertiary/aromatic N) is 1. The molecule has 0 aromatic heterocycles. The molecule has 0 spiro atoms. The van der Waals surface area contributed by atoms with E-state index in [1.165, 1.54) is 11.3 Å². The molecule has 2 aromatic carbocycles. The number of carbonyl (C=O) groups is 2. The summed E-state index contributed by atoms with van der Waals surface area (Å²) in [4.78, 5) is 29.9. The molecule has 5 heteroatoms. The van der Waals surface area contributed by atoms with Crippen molar-refractivity contribution in [1.29, 1.82) is 0 Å². The zero-order valence-electron chi connectivity index (χ0n) is 15.0. The van der Waals surface area contributed by atoms with Crippen molar-refractivity contribution in [3.05, 3.63) is 65.7 Å². The molecule has 4 aliphatic carbocycles. The number of hydrogen-bond donors (Lipinski definition) is 0. The van der Waals surface area contributed by atoms with Gasteiger partial charge in [0.15, 0.2) is 0 Å². The van der Waals surface area contributed by atoms with Gasteiger partial charge in [-0.05, 0) is 78.6 Å². The number of carbonyl (C=O) groups excluding carboxylic acids is 2. The molecule has 0 radical (unpaired) electrons. The van der Waals surface area contributed by atoms with E-state index in [9.17, 15) is 9.59 Å². The fourth-order valence-corrected chi connectivity index (χ4v) is 6.46. The number of benzene rings is 2. The summed E-state index contributed by atoms with van der Waals surface area (Å²) in [5.74, 6) is 1.50. The smallest absolute Gasteiger partial charge is 0.238 e. The largest absolute Gasteiger partial charge is 0.274 e. The minimum Gasteiger partial charge on any atom is -0.274 e. The first-order chi connectivity index (χ1) is 13.6. The van der Waals surface area contributed by atoms with Gasteiger partial charge in [-0.25, -0.2) is 0 Å². The van der Waals surface area contributed by atoms with Crippen LogP contribution in [-0.4, -0.2) is 11.8 Å². The number of imide groups is 1. The number of halogens is 1. The lowest BCUT2D eigenvalue weighted by Gasteiger charge is -2.37. The second-order valence-corrected chi connectivity index (χ2v) is 9.80. The SMILES string of the molecule is O=C1[C@@H]2[C@H]3C=C[C@H]([C@H]4C[C@H]34)[C@@H]2C(=O)N1c1ccc(Sc2ccc(Cl)cc2)cc1. The minimum absolute atomic E-state index is 0.00203. The van der Waals surface area contributed by atoms with Crippen LogP contribution in [0.25, 0.3) is 0 Å². The first kappa shape index (κ1) is 16.9. The van der Waals surface area contributed by atoms with Crippen molar-refractivity contribution in [2.24, 2.45) is 35.5 Å². The lowest BCUT2D eigenvalue weighted by atomic mass is 9.63. The van der Waals surface area contributed by atoms with Crippen LogP contribution in [0, 0.1) is 35.5 Å². The first-order valence-electron chi connectivity index (χ1n) is 9.71. The fourth-order valence-electron chi connectivity index (χ4n) is 5.51. The predicted molar refractivity (Wildman–Crippen MR) is 109 cm³/mol. The lowest BCUT2D eigenvalue weighted by molar-refractivity contribution is -0.124. The molecule has 140 valence electrons. The summed E-state index contributed by atoms with van der Waals surface area (Å²) in [7, 11) is 0. The molecule has 6 atom stereocenters. The molecule has 1 heterocycles. The van der Waals surface area contributed by atoms with E-state index >= 15 is 0 Å². The Morgan fingerprint density at radius 1 is 0.786 bits per heavy atom. The summed E-state index contributed by atoms with van der Waals surface area (Å²) in [6, 6.07) is 15.4. The highest BCUT2D eigenvalue weighted by Gasteiger charge is 2.67. The third-order valence-corrected chi connectivity index (χ3v) is 8.07. The Bertz CT molecular complexity index is 980. The Kier molecular flexibility index (Phi) is 3.60. The van der Waals surface area contributed by atoms with Gasteiger partial charge in [0, 0.05) is 14.8 Å². The van der Waals surface area contributed by atoms with Crippen molar-refractivity contribution < 1.29 is 9.59 Å². The highest BCUT2D eigenvalue weighted by molar-refractivity contribution is 7.99. The molecular formula is C23H18ClNO2S. The summed E-state index contributed by atoms with van der Waals surface area (Å²) in [6.07, 6.45) is 5.60. The Balaban J connectivity index is 1.26. The van der Waals surface area contributed by atoms with Gasteiger partial charge in [0.2, 0.25) is 11.8 Å². The molecule has 1 aliphatic heterocycles. The molecule has 5 aliphatic rings. The number of amides is 2. The number of hydrogen-bond acceptors (Lipinski definition) is 3. The molecule has 2 saturated carbocycles. The molecule has 7 rings (SSSR count). The quantitative estimate of drug-likeness (QED) is 0.527. The Morgan fingerprint density at radius 2 is 1.29 bits per heavy atom. The van der Waals surface area contributed by atoms with E-state index in [2.05, 4.69) is 12.2 Å². The highest BCUT2D eigenvalue weighted by atomic mass is 35.5. The van der Waals surface area contributed by atoms with Gasteiger partial charge in [0.05, 0.1) is 17.5 Å². The predicted octanol–water partition coefficient (Wildman–Crippen LogP) is 5.05. The maximum Gasteiger partial charge on any atom is 0.238 e. The summed E-state index contributed by atoms with van der Waals surface area (Å²) in [6.45, 7) is 0. The van der Waals surface area contributed by atoms with Crippen molar-refractivity contribution in [1.82, 2.24) is 0 Å². The molecule has 0 unspecified atom stereocenters. The molecule has 3 nitrogen and oxygen atoms in total. The van der Waals surface area contributed by atoms with Gasteiger partial charge >= 0.3 is 0 Å². The third kappa shape index (κ3) is 2.37. The van der Waals surface area contributed by atoms with Crippen LogP contribution in [0.5, 0.6) is 0 Å². The Labute approximate surface area is 172 Å². The van der Waals surface area contributed by atoms with Gasteiger partial charge in [0.25, 0.3) is 0 Å². The fraction of sp³-hybridized carbons (Fsp3) is 0.304. The summed E-state index contributed by atoms with van der Waals surface area (Å²) in [5.41, 5.74) is 0.693. The van der Waals surface area contributed by atoms with Gasteiger partial charge in [-0.2, -0.15) is 0 Å². The topological polar surface area (TPSA) is 37.4 Å². The standard InChI is InChI=1S/C23H18ClNO2S/c24-12-1-5-14(6-2-12)28-15-7-3-13(4-8-15)25-22(26)20-16-9-10-17(19-11-18(16)19)21(20)23(25)27/h1-10,16-21H,11H2/t16-,17+,18-,19-,20+,21-/m1/s1. The summed E-state index contributed by atoms with van der Waals surface area (Å²) >= 11 is 7.57. The van der Waals surface area contributed by atoms with E-state index < -0.39 is 0 Å². The van der Waals surface area contributed by atoms with E-state index in [1.54, 1.807) is 11.8 Å². The van der Waals surface area contributed by atoms with Crippen LogP contribution in [0.1, 0.15) is 6.42 Å². The van der Waals surface area contributed by atoms with Gasteiger partial charge in [-0.3, -0.25) is 14.5 Å². The van der Waals surface area contributed by atoms with Crippen LogP contribution in [0.3, 0.4) is 0 Å². The van der Waals surface area contributed by atoms with Crippen molar-refractivity contribution in [3.63, 3.8) is 0 Å². The monoisotopic (exact) mass is 407 g/mol. The van der Waals surface area contributed by atoms with Crippen LogP contribution in [-0.2, 0) is 9.59 Å². The second-order valence-electron chi connectivity index (χ2n) is 8.22. The van der Waals surface area contributed by atoms with Crippen molar-refractivity contribution in [2.75, 3.05) is 4.90 Å². The van der Waals surface area contributed by atoms with Crippen molar-refractivity contribution in [3.8, 4) is 0 Å². The maximum atomic E-state index is 13.2. The van der Waals surface area contributed by atoms with Gasteiger partial charge in [-0.15, -0.1) is 0 Å². The Hall–Kier alpha value is -2.04. The zero-order chi connectivity index (χ0) is 19.0. The number of allylic oxidation sites excluding steroid dienone is 2. The molecular weight excluding hydrogens is 390 g/mol. The molecule has 3 fully saturated rings. The molecule has 2 amide bonds. The number of anilines is 1. The van der Waals surface area contributed by atoms with Crippen molar-refractivity contribution in [2.45, 2.75) is 16.2 Å². The van der Waals surface area contributed by atoms with Crippen LogP contribution < -0.4 is 4.90 Å². The van der Waals surface area contributed by atoms with Crippen molar-refractivity contribution >= 4 is 40.9 Å². The molecule has 1 saturated heterocycles. The normalized spacial score (nSPS) is 34.5. The van der Waals surface area contributed by atoms with E-state index in [1.807, 2.05) is 48.5 Å². The maximum absolute atomic E-state index is 13.2. The zero-order valence-corrected chi connectivity index (χ0v) is 16.6. The second kappa shape index (κ2) is 5.98. The van der Waals surface area contributed by atoms with Crippen LogP contribution in [0.15, 0.2) is 70.5 Å². The van der Waals surface area contributed by atoms with E-state index in [4.69, 9.17) is 11.6 Å². The molecule has 0 N–H and O–H groups in total. The highest BCUT2D eigenvalue weighted by Crippen LogP contribution is 2.65. The van der Waals surface area contributed by atoms with Gasteiger partial charge in [0.1, 0.15) is 0 Å². The minimum atomic E-state index is -0.144. The van der Waals surface area contributed by atoms with E-state index in [0.717, 1.165) is 9.79 Å². The van der Waals surface area contributed by atoms with E-state index in [0.29, 0.717) is 22.5 Å². The average molecular weight is 408 g/mol. The average Bonchev–Trinajstić information content (AvgIpc) is 3.49.